The standard InChI is InChI=1S/C18H23N3O/c1-14-7-6-10-20(12-14)18(22)15(2)21-13-17(11-19-21)16-8-4-3-5-9-16/h3-5,8-9,11,13-15H,6-7,10,12H2,1-2H3/t14-,15-/m0/s1. The molecule has 2 heterocycles. The first kappa shape index (κ1) is 14.8. The Morgan fingerprint density at radius 3 is 2.77 bits per heavy atom. The highest BCUT2D eigenvalue weighted by Gasteiger charge is 2.26. The normalized spacial score (nSPS) is 19.9. The van der Waals surface area contributed by atoms with E-state index in [1.807, 2.05) is 42.4 Å². The second-order valence-electron chi connectivity index (χ2n) is 6.28. The number of nitrogens with zero attached hydrogens (tertiary/aromatic N) is 3. The van der Waals surface area contributed by atoms with Gasteiger partial charge in [0.1, 0.15) is 6.04 Å². The molecule has 1 saturated heterocycles. The van der Waals surface area contributed by atoms with Crippen molar-refractivity contribution in [1.29, 1.82) is 0 Å². The monoisotopic (exact) mass is 297 g/mol. The van der Waals surface area contributed by atoms with Crippen molar-refractivity contribution in [3.05, 3.63) is 42.7 Å². The third kappa shape index (κ3) is 3.06. The predicted octanol–water partition coefficient (Wildman–Crippen LogP) is 3.37. The van der Waals surface area contributed by atoms with Crippen molar-refractivity contribution < 1.29 is 4.79 Å². The van der Waals surface area contributed by atoms with E-state index < -0.39 is 0 Å². The summed E-state index contributed by atoms with van der Waals surface area (Å²) in [4.78, 5) is 14.6. The lowest BCUT2D eigenvalue weighted by Crippen LogP contribution is -2.42. The van der Waals surface area contributed by atoms with Crippen molar-refractivity contribution in [2.24, 2.45) is 5.92 Å². The first-order valence-electron chi connectivity index (χ1n) is 8.03. The Kier molecular flexibility index (Phi) is 4.27. The molecule has 0 aliphatic carbocycles. The van der Waals surface area contributed by atoms with Crippen LogP contribution in [0, 0.1) is 5.92 Å². The third-order valence-corrected chi connectivity index (χ3v) is 4.43. The predicted molar refractivity (Wildman–Crippen MR) is 87.4 cm³/mol. The van der Waals surface area contributed by atoms with Crippen LogP contribution in [0.5, 0.6) is 0 Å². The van der Waals surface area contributed by atoms with Crippen molar-refractivity contribution in [3.63, 3.8) is 0 Å². The van der Waals surface area contributed by atoms with Crippen LogP contribution in [0.3, 0.4) is 0 Å². The van der Waals surface area contributed by atoms with E-state index in [0.29, 0.717) is 5.92 Å². The topological polar surface area (TPSA) is 38.1 Å². The molecule has 1 aliphatic rings. The molecule has 4 heteroatoms. The zero-order chi connectivity index (χ0) is 15.5. The third-order valence-electron chi connectivity index (χ3n) is 4.43. The minimum atomic E-state index is -0.247. The van der Waals surface area contributed by atoms with Crippen molar-refractivity contribution in [1.82, 2.24) is 14.7 Å². The maximum absolute atomic E-state index is 12.7. The summed E-state index contributed by atoms with van der Waals surface area (Å²) in [6, 6.07) is 9.88. The van der Waals surface area contributed by atoms with Gasteiger partial charge in [0.25, 0.3) is 0 Å². The lowest BCUT2D eigenvalue weighted by molar-refractivity contribution is -0.136. The molecule has 2 aromatic rings. The van der Waals surface area contributed by atoms with E-state index in [1.54, 1.807) is 4.68 Å². The molecule has 0 saturated carbocycles. The van der Waals surface area contributed by atoms with Crippen molar-refractivity contribution in [2.75, 3.05) is 13.1 Å². The minimum Gasteiger partial charge on any atom is -0.341 e. The number of carbonyl (C=O) groups is 1. The summed E-state index contributed by atoms with van der Waals surface area (Å²) in [5.74, 6) is 0.775. The maximum atomic E-state index is 12.7. The van der Waals surface area contributed by atoms with Crippen LogP contribution in [0.2, 0.25) is 0 Å². The fourth-order valence-electron chi connectivity index (χ4n) is 3.10. The Labute approximate surface area is 131 Å². The molecule has 1 amide bonds. The van der Waals surface area contributed by atoms with Crippen LogP contribution in [0.4, 0.5) is 0 Å². The molecular formula is C18H23N3O. The molecule has 22 heavy (non-hydrogen) atoms. The second kappa shape index (κ2) is 6.34. The highest BCUT2D eigenvalue weighted by Crippen LogP contribution is 2.22. The zero-order valence-corrected chi connectivity index (χ0v) is 13.3. The smallest absolute Gasteiger partial charge is 0.247 e. The number of rotatable bonds is 3. The molecule has 1 fully saturated rings. The van der Waals surface area contributed by atoms with Gasteiger partial charge in [0.2, 0.25) is 5.91 Å². The van der Waals surface area contributed by atoms with Gasteiger partial charge in [-0.05, 0) is 31.2 Å². The fourth-order valence-corrected chi connectivity index (χ4v) is 3.10. The van der Waals surface area contributed by atoms with Crippen LogP contribution < -0.4 is 0 Å². The van der Waals surface area contributed by atoms with Crippen molar-refractivity contribution in [2.45, 2.75) is 32.7 Å². The Hall–Kier alpha value is -2.10. The van der Waals surface area contributed by atoms with Gasteiger partial charge in [-0.1, -0.05) is 37.3 Å². The number of aromatic nitrogens is 2. The number of benzene rings is 1. The van der Waals surface area contributed by atoms with E-state index >= 15 is 0 Å². The van der Waals surface area contributed by atoms with E-state index in [0.717, 1.165) is 30.6 Å². The molecule has 2 atom stereocenters. The Balaban J connectivity index is 1.74. The average Bonchev–Trinajstić information content (AvgIpc) is 3.04. The lowest BCUT2D eigenvalue weighted by atomic mass is 10.00. The SMILES string of the molecule is C[C@H]1CCCN(C(=O)[C@H](C)n2cc(-c3ccccc3)cn2)C1. The Morgan fingerprint density at radius 2 is 2.05 bits per heavy atom. The molecule has 1 aromatic carbocycles. The zero-order valence-electron chi connectivity index (χ0n) is 13.3. The molecule has 4 nitrogen and oxygen atoms in total. The highest BCUT2D eigenvalue weighted by molar-refractivity contribution is 5.80. The van der Waals surface area contributed by atoms with Gasteiger partial charge in [-0.15, -0.1) is 0 Å². The van der Waals surface area contributed by atoms with Crippen LogP contribution in [0.1, 0.15) is 32.7 Å². The molecular weight excluding hydrogens is 274 g/mol. The molecule has 0 spiro atoms. The van der Waals surface area contributed by atoms with Crippen LogP contribution in [0.15, 0.2) is 42.7 Å². The average molecular weight is 297 g/mol. The van der Waals surface area contributed by atoms with Gasteiger partial charge in [-0.25, -0.2) is 0 Å². The molecule has 1 aliphatic heterocycles. The second-order valence-corrected chi connectivity index (χ2v) is 6.28. The summed E-state index contributed by atoms with van der Waals surface area (Å²) >= 11 is 0. The van der Waals surface area contributed by atoms with Crippen LogP contribution in [-0.4, -0.2) is 33.7 Å². The van der Waals surface area contributed by atoms with Crippen LogP contribution in [-0.2, 0) is 4.79 Å². The summed E-state index contributed by atoms with van der Waals surface area (Å²) in [5, 5.41) is 4.40. The molecule has 0 radical (unpaired) electrons. The summed E-state index contributed by atoms with van der Waals surface area (Å²) in [5.41, 5.74) is 2.17. The molecule has 0 unspecified atom stereocenters. The molecule has 0 bridgehead atoms. The van der Waals surface area contributed by atoms with Gasteiger partial charge in [0.15, 0.2) is 0 Å². The number of carbonyl (C=O) groups excluding carboxylic acids is 1. The van der Waals surface area contributed by atoms with E-state index in [9.17, 15) is 4.79 Å². The lowest BCUT2D eigenvalue weighted by Gasteiger charge is -2.32. The summed E-state index contributed by atoms with van der Waals surface area (Å²) in [6.07, 6.45) is 6.12. The summed E-state index contributed by atoms with van der Waals surface area (Å²) < 4.78 is 1.78. The van der Waals surface area contributed by atoms with E-state index in [2.05, 4.69) is 24.2 Å². The largest absolute Gasteiger partial charge is 0.341 e. The Bertz CT molecular complexity index is 635. The summed E-state index contributed by atoms with van der Waals surface area (Å²) in [7, 11) is 0. The van der Waals surface area contributed by atoms with E-state index in [4.69, 9.17) is 0 Å². The molecule has 116 valence electrons. The van der Waals surface area contributed by atoms with Gasteiger partial charge in [0, 0.05) is 24.8 Å². The quantitative estimate of drug-likeness (QED) is 0.871. The summed E-state index contributed by atoms with van der Waals surface area (Å²) in [6.45, 7) is 5.89. The highest BCUT2D eigenvalue weighted by atomic mass is 16.2. The van der Waals surface area contributed by atoms with Gasteiger partial charge in [-0.3, -0.25) is 9.48 Å². The van der Waals surface area contributed by atoms with Gasteiger partial charge >= 0.3 is 0 Å². The first-order chi connectivity index (χ1) is 10.6. The number of likely N-dealkylation sites (tertiary alicyclic amines) is 1. The number of hydrogen-bond acceptors (Lipinski definition) is 2. The molecule has 1 aromatic heterocycles. The van der Waals surface area contributed by atoms with Crippen LogP contribution >= 0.6 is 0 Å². The van der Waals surface area contributed by atoms with Crippen molar-refractivity contribution >= 4 is 5.91 Å². The Morgan fingerprint density at radius 1 is 1.27 bits per heavy atom. The van der Waals surface area contributed by atoms with Gasteiger partial charge in [-0.2, -0.15) is 5.10 Å². The number of hydrogen-bond donors (Lipinski definition) is 0. The molecule has 3 rings (SSSR count). The fraction of sp³-hybridized carbons (Fsp3) is 0.444. The number of piperidine rings is 1. The molecule has 0 N–H and O–H groups in total. The minimum absolute atomic E-state index is 0.175. The van der Waals surface area contributed by atoms with Crippen molar-refractivity contribution in [3.8, 4) is 11.1 Å². The maximum Gasteiger partial charge on any atom is 0.247 e. The van der Waals surface area contributed by atoms with Gasteiger partial charge < -0.3 is 4.90 Å². The number of amides is 1. The van der Waals surface area contributed by atoms with E-state index in [1.165, 1.54) is 6.42 Å². The van der Waals surface area contributed by atoms with Gasteiger partial charge in [0.05, 0.1) is 6.20 Å². The van der Waals surface area contributed by atoms with Crippen LogP contribution in [0.25, 0.3) is 11.1 Å². The van der Waals surface area contributed by atoms with E-state index in [-0.39, 0.29) is 11.9 Å². The first-order valence-corrected chi connectivity index (χ1v) is 8.03.